The second-order valence-corrected chi connectivity index (χ2v) is 8.82. The number of hydrogen-bond donors (Lipinski definition) is 3. The Morgan fingerprint density at radius 2 is 1.76 bits per heavy atom. The van der Waals surface area contributed by atoms with Gasteiger partial charge in [-0.1, -0.05) is 17.7 Å². The van der Waals surface area contributed by atoms with Crippen LogP contribution in [0.4, 0.5) is 0 Å². The fourth-order valence-corrected chi connectivity index (χ4v) is 4.59. The van der Waals surface area contributed by atoms with Crippen LogP contribution in [0.2, 0.25) is 0 Å². The van der Waals surface area contributed by atoms with Crippen molar-refractivity contribution < 1.29 is 27.6 Å². The Labute approximate surface area is 172 Å². The number of nitrogens with one attached hydrogen (secondary N) is 3. The predicted molar refractivity (Wildman–Crippen MR) is 108 cm³/mol. The van der Waals surface area contributed by atoms with Gasteiger partial charge in [-0.25, -0.2) is 8.42 Å². The molecule has 0 unspecified atom stereocenters. The van der Waals surface area contributed by atoms with Gasteiger partial charge in [-0.05, 0) is 32.9 Å². The quantitative estimate of drug-likeness (QED) is 0.416. The van der Waals surface area contributed by atoms with Crippen molar-refractivity contribution >= 4 is 21.8 Å². The number of nitrogens with zero attached hydrogens (tertiary/aromatic N) is 1. The van der Waals surface area contributed by atoms with E-state index in [0.717, 1.165) is 25.2 Å². The molecule has 1 saturated heterocycles. The zero-order valence-corrected chi connectivity index (χ0v) is 18.0. The van der Waals surface area contributed by atoms with Crippen LogP contribution in [0.15, 0.2) is 29.2 Å². The SMILES string of the molecule is CC[NH+](CC)CCNC(=O)C(=O)NC[C@H]1OCCN1S(=O)(=O)c1ccc(C)cc1. The summed E-state index contributed by atoms with van der Waals surface area (Å²) in [5, 5.41) is 5.05. The van der Waals surface area contributed by atoms with Crippen LogP contribution < -0.4 is 15.5 Å². The van der Waals surface area contributed by atoms with Crippen molar-refractivity contribution in [1.29, 1.82) is 0 Å². The number of rotatable bonds is 9. The van der Waals surface area contributed by atoms with E-state index in [1.807, 2.05) is 6.92 Å². The molecule has 0 aromatic heterocycles. The number of hydrogen-bond acceptors (Lipinski definition) is 5. The van der Waals surface area contributed by atoms with Gasteiger partial charge in [0.15, 0.2) is 0 Å². The summed E-state index contributed by atoms with van der Waals surface area (Å²) in [6.45, 7) is 9.35. The molecule has 1 aliphatic rings. The van der Waals surface area contributed by atoms with E-state index in [-0.39, 0.29) is 24.6 Å². The first-order valence-corrected chi connectivity index (χ1v) is 11.3. The van der Waals surface area contributed by atoms with Crippen molar-refractivity contribution in [2.75, 3.05) is 45.9 Å². The highest BCUT2D eigenvalue weighted by atomic mass is 32.2. The van der Waals surface area contributed by atoms with Gasteiger partial charge in [0.25, 0.3) is 0 Å². The Balaban J connectivity index is 1.88. The van der Waals surface area contributed by atoms with E-state index in [2.05, 4.69) is 24.5 Å². The van der Waals surface area contributed by atoms with Crippen molar-refractivity contribution in [1.82, 2.24) is 14.9 Å². The van der Waals surface area contributed by atoms with Crippen LogP contribution in [0.1, 0.15) is 19.4 Å². The third-order valence-corrected chi connectivity index (χ3v) is 6.88. The minimum Gasteiger partial charge on any atom is -0.359 e. The molecule has 1 fully saturated rings. The molecule has 162 valence electrons. The number of aryl methyl sites for hydroxylation is 1. The van der Waals surface area contributed by atoms with Crippen molar-refractivity contribution in [2.24, 2.45) is 0 Å². The zero-order valence-electron chi connectivity index (χ0n) is 17.2. The number of likely N-dealkylation sites (N-methyl/N-ethyl adjacent to an activating group) is 1. The third kappa shape index (κ3) is 6.23. The number of ether oxygens (including phenoxy) is 1. The third-order valence-electron chi connectivity index (χ3n) is 4.98. The highest BCUT2D eigenvalue weighted by molar-refractivity contribution is 7.89. The molecule has 10 heteroatoms. The molecule has 0 bridgehead atoms. The summed E-state index contributed by atoms with van der Waals surface area (Å²) in [6.07, 6.45) is -0.849. The van der Waals surface area contributed by atoms with Crippen LogP contribution in [-0.4, -0.2) is 76.6 Å². The Hall–Kier alpha value is -2.01. The molecule has 0 saturated carbocycles. The van der Waals surface area contributed by atoms with Crippen LogP contribution in [-0.2, 0) is 24.3 Å². The largest absolute Gasteiger partial charge is 0.359 e. The molecule has 1 aliphatic heterocycles. The standard InChI is InChI=1S/C19H30N4O5S/c1-4-22(5-2)11-10-20-18(24)19(25)21-14-17-23(12-13-28-17)29(26,27)16-8-6-15(3)7-9-16/h6-9,17H,4-5,10-14H2,1-3H3,(H,20,24)(H,21,25)/p+1/t17-/m1/s1. The van der Waals surface area contributed by atoms with Crippen molar-refractivity contribution in [3.8, 4) is 0 Å². The lowest BCUT2D eigenvalue weighted by atomic mass is 10.2. The van der Waals surface area contributed by atoms with Crippen LogP contribution in [0, 0.1) is 6.92 Å². The molecule has 0 spiro atoms. The minimum atomic E-state index is -3.75. The van der Waals surface area contributed by atoms with Gasteiger partial charge in [-0.3, -0.25) is 9.59 Å². The lowest BCUT2D eigenvalue weighted by Crippen LogP contribution is -3.12. The molecule has 29 heavy (non-hydrogen) atoms. The lowest BCUT2D eigenvalue weighted by molar-refractivity contribution is -0.895. The smallest absolute Gasteiger partial charge is 0.309 e. The fourth-order valence-electron chi connectivity index (χ4n) is 3.08. The molecule has 0 aliphatic carbocycles. The Kier molecular flexibility index (Phi) is 8.57. The van der Waals surface area contributed by atoms with E-state index in [4.69, 9.17) is 4.74 Å². The maximum atomic E-state index is 12.8. The lowest BCUT2D eigenvalue weighted by Gasteiger charge is -2.23. The van der Waals surface area contributed by atoms with E-state index in [1.54, 1.807) is 24.3 Å². The maximum absolute atomic E-state index is 12.8. The first kappa shape index (κ1) is 23.3. The number of carbonyl (C=O) groups is 2. The summed E-state index contributed by atoms with van der Waals surface area (Å²) in [5.74, 6) is -1.54. The Morgan fingerprint density at radius 3 is 2.38 bits per heavy atom. The Bertz CT molecular complexity index is 793. The highest BCUT2D eigenvalue weighted by Crippen LogP contribution is 2.22. The number of carbonyl (C=O) groups excluding carboxylic acids is 2. The number of benzene rings is 1. The first-order chi connectivity index (χ1) is 13.8. The molecule has 2 amide bonds. The second-order valence-electron chi connectivity index (χ2n) is 6.93. The normalized spacial score (nSPS) is 17.4. The van der Waals surface area contributed by atoms with Gasteiger partial charge in [0.1, 0.15) is 6.23 Å². The van der Waals surface area contributed by atoms with Crippen molar-refractivity contribution in [3.05, 3.63) is 29.8 Å². The molecule has 1 atom stereocenters. The summed E-state index contributed by atoms with van der Waals surface area (Å²) in [7, 11) is -3.75. The van der Waals surface area contributed by atoms with E-state index in [0.29, 0.717) is 6.54 Å². The van der Waals surface area contributed by atoms with E-state index in [9.17, 15) is 18.0 Å². The van der Waals surface area contributed by atoms with Gasteiger partial charge in [0.2, 0.25) is 10.0 Å². The monoisotopic (exact) mass is 427 g/mol. The number of quaternary nitrogens is 1. The summed E-state index contributed by atoms with van der Waals surface area (Å²) < 4.78 is 32.4. The number of amides is 2. The molecule has 0 radical (unpaired) electrons. The average Bonchev–Trinajstić information content (AvgIpc) is 3.19. The van der Waals surface area contributed by atoms with Gasteiger partial charge in [-0.15, -0.1) is 0 Å². The topological polar surface area (TPSA) is 109 Å². The summed E-state index contributed by atoms with van der Waals surface area (Å²) in [6, 6.07) is 6.55. The van der Waals surface area contributed by atoms with Crippen LogP contribution >= 0.6 is 0 Å². The van der Waals surface area contributed by atoms with Crippen LogP contribution in [0.25, 0.3) is 0 Å². The number of sulfonamides is 1. The van der Waals surface area contributed by atoms with Crippen molar-refractivity contribution in [2.45, 2.75) is 31.9 Å². The molecule has 1 aromatic rings. The zero-order chi connectivity index (χ0) is 21.4. The average molecular weight is 428 g/mol. The molecular weight excluding hydrogens is 396 g/mol. The van der Waals surface area contributed by atoms with Gasteiger partial charge in [0, 0.05) is 6.54 Å². The highest BCUT2D eigenvalue weighted by Gasteiger charge is 2.36. The van der Waals surface area contributed by atoms with E-state index in [1.165, 1.54) is 9.21 Å². The molecule has 9 nitrogen and oxygen atoms in total. The molecule has 1 heterocycles. The summed E-state index contributed by atoms with van der Waals surface area (Å²) in [4.78, 5) is 25.4. The summed E-state index contributed by atoms with van der Waals surface area (Å²) in [5.41, 5.74) is 0.957. The molecular formula is C19H31N4O5S+. The van der Waals surface area contributed by atoms with E-state index >= 15 is 0 Å². The molecule has 2 rings (SSSR count). The van der Waals surface area contributed by atoms with Crippen LogP contribution in [0.5, 0.6) is 0 Å². The van der Waals surface area contributed by atoms with Gasteiger partial charge in [0.05, 0.1) is 44.2 Å². The van der Waals surface area contributed by atoms with Gasteiger partial charge < -0.3 is 20.3 Å². The van der Waals surface area contributed by atoms with Crippen LogP contribution in [0.3, 0.4) is 0 Å². The van der Waals surface area contributed by atoms with E-state index < -0.39 is 28.1 Å². The van der Waals surface area contributed by atoms with Gasteiger partial charge >= 0.3 is 11.8 Å². The van der Waals surface area contributed by atoms with Crippen molar-refractivity contribution in [3.63, 3.8) is 0 Å². The summed E-state index contributed by atoms with van der Waals surface area (Å²) >= 11 is 0. The van der Waals surface area contributed by atoms with Gasteiger partial charge in [-0.2, -0.15) is 4.31 Å². The molecule has 1 aromatic carbocycles. The minimum absolute atomic E-state index is 0.0986. The second kappa shape index (κ2) is 10.7. The molecule has 3 N–H and O–H groups in total. The Morgan fingerprint density at radius 1 is 1.14 bits per heavy atom. The first-order valence-electron chi connectivity index (χ1n) is 9.89. The predicted octanol–water partition coefficient (Wildman–Crippen LogP) is -1.50. The maximum Gasteiger partial charge on any atom is 0.309 e. The fraction of sp³-hybridized carbons (Fsp3) is 0.579.